The number of nitrogen functional groups attached to an aromatic ring is 1. The Balaban J connectivity index is 0.00000195. The van der Waals surface area contributed by atoms with Crippen molar-refractivity contribution < 1.29 is 27.0 Å². The van der Waals surface area contributed by atoms with E-state index in [-0.39, 0.29) is 28.8 Å². The maximum Gasteiger partial charge on any atom is 0.418 e. The zero-order chi connectivity index (χ0) is 28.4. The molecule has 0 bridgehead atoms. The molecular weight excluding hydrogens is 504 g/mol. The second kappa shape index (κ2) is 11.6. The van der Waals surface area contributed by atoms with Crippen molar-refractivity contribution in [3.05, 3.63) is 34.4 Å². The number of fused-ring (bicyclic) bond motifs is 1. The maximum absolute atomic E-state index is 16.3. The summed E-state index contributed by atoms with van der Waals surface area (Å²) in [6.07, 6.45) is -4.80. The van der Waals surface area contributed by atoms with Gasteiger partial charge in [-0.05, 0) is 32.4 Å². The molecule has 3 aromatic rings. The molecule has 0 spiro atoms. The number of nitrogens with zero attached hydrogens (tertiary/aromatic N) is 4. The van der Waals surface area contributed by atoms with Gasteiger partial charge in [0.2, 0.25) is 5.88 Å². The quantitative estimate of drug-likeness (QED) is 0.447. The number of piperazine rings is 1. The first-order valence-corrected chi connectivity index (χ1v) is 12.3. The van der Waals surface area contributed by atoms with Crippen LogP contribution >= 0.6 is 0 Å². The molecule has 1 fully saturated rings. The summed E-state index contributed by atoms with van der Waals surface area (Å²) in [4.78, 5) is 14.7. The minimum Gasteiger partial charge on any atom is -0.480 e. The SMILES string of the molecule is CC.COCC1CN(c2nc(C)c(C)c3c(F)c(-c4cc(N)nc(C)c4C(F)(F)F)nc(OC)c23)CCN1. The number of aryl methyl sites for hydroxylation is 3. The van der Waals surface area contributed by atoms with Gasteiger partial charge in [0.15, 0.2) is 5.82 Å². The maximum atomic E-state index is 16.3. The van der Waals surface area contributed by atoms with Crippen molar-refractivity contribution in [2.24, 2.45) is 0 Å². The number of methoxy groups -OCH3 is 2. The van der Waals surface area contributed by atoms with E-state index >= 15 is 4.39 Å². The van der Waals surface area contributed by atoms with Gasteiger partial charge in [0.05, 0.1) is 30.4 Å². The Labute approximate surface area is 219 Å². The molecule has 1 aliphatic heterocycles. The summed E-state index contributed by atoms with van der Waals surface area (Å²) in [5, 5.41) is 3.75. The molecule has 12 heteroatoms. The van der Waals surface area contributed by atoms with Crippen LogP contribution in [0, 0.1) is 26.6 Å². The molecular formula is C26H34F4N6O2. The lowest BCUT2D eigenvalue weighted by atomic mass is 9.98. The Morgan fingerprint density at radius 2 is 1.76 bits per heavy atom. The number of ether oxygens (including phenoxy) is 2. The smallest absolute Gasteiger partial charge is 0.418 e. The average Bonchev–Trinajstić information content (AvgIpc) is 2.86. The number of halogens is 4. The highest BCUT2D eigenvalue weighted by Gasteiger charge is 2.38. The molecule has 208 valence electrons. The van der Waals surface area contributed by atoms with Gasteiger partial charge in [-0.3, -0.25) is 0 Å². The normalized spacial score (nSPS) is 15.9. The van der Waals surface area contributed by atoms with Gasteiger partial charge in [0, 0.05) is 49.4 Å². The highest BCUT2D eigenvalue weighted by Crippen LogP contribution is 2.44. The van der Waals surface area contributed by atoms with Crippen LogP contribution in [0.15, 0.2) is 6.07 Å². The number of aromatic nitrogens is 3. The second-order valence-corrected chi connectivity index (χ2v) is 8.78. The molecule has 0 radical (unpaired) electrons. The number of hydrogen-bond acceptors (Lipinski definition) is 8. The van der Waals surface area contributed by atoms with E-state index in [2.05, 4.69) is 15.3 Å². The van der Waals surface area contributed by atoms with Gasteiger partial charge in [-0.2, -0.15) is 13.2 Å². The lowest BCUT2D eigenvalue weighted by Crippen LogP contribution is -2.53. The van der Waals surface area contributed by atoms with Crippen molar-refractivity contribution in [3.8, 4) is 17.1 Å². The third kappa shape index (κ3) is 5.46. The Kier molecular flexibility index (Phi) is 8.98. The van der Waals surface area contributed by atoms with Crippen LogP contribution < -0.4 is 20.7 Å². The molecule has 1 aliphatic rings. The Bertz CT molecular complexity index is 1310. The van der Waals surface area contributed by atoms with E-state index in [4.69, 9.17) is 20.2 Å². The summed E-state index contributed by atoms with van der Waals surface area (Å²) >= 11 is 0. The number of nitrogens with one attached hydrogen (secondary N) is 1. The fourth-order valence-electron chi connectivity index (χ4n) is 4.71. The summed E-state index contributed by atoms with van der Waals surface area (Å²) < 4.78 is 69.1. The molecule has 4 heterocycles. The number of rotatable bonds is 5. The van der Waals surface area contributed by atoms with Crippen LogP contribution in [0.1, 0.15) is 36.4 Å². The number of pyridine rings is 3. The number of nitrogens with two attached hydrogens (primary N) is 1. The lowest BCUT2D eigenvalue weighted by Gasteiger charge is -2.35. The van der Waals surface area contributed by atoms with Gasteiger partial charge >= 0.3 is 6.18 Å². The predicted molar refractivity (Wildman–Crippen MR) is 140 cm³/mol. The minimum absolute atomic E-state index is 0.0161. The highest BCUT2D eigenvalue weighted by atomic mass is 19.4. The van der Waals surface area contributed by atoms with Crippen LogP contribution in [-0.4, -0.2) is 61.5 Å². The predicted octanol–water partition coefficient (Wildman–Crippen LogP) is 4.82. The first kappa shape index (κ1) is 29.3. The zero-order valence-corrected chi connectivity index (χ0v) is 22.7. The Morgan fingerprint density at radius 3 is 2.37 bits per heavy atom. The van der Waals surface area contributed by atoms with Gasteiger partial charge in [0.25, 0.3) is 0 Å². The highest BCUT2D eigenvalue weighted by molar-refractivity contribution is 6.01. The molecule has 0 aliphatic carbocycles. The van der Waals surface area contributed by atoms with E-state index in [1.54, 1.807) is 21.0 Å². The van der Waals surface area contributed by atoms with E-state index in [1.165, 1.54) is 14.0 Å². The van der Waals surface area contributed by atoms with Gasteiger partial charge < -0.3 is 25.4 Å². The molecule has 0 aromatic carbocycles. The monoisotopic (exact) mass is 538 g/mol. The van der Waals surface area contributed by atoms with Gasteiger partial charge in [-0.15, -0.1) is 0 Å². The molecule has 8 nitrogen and oxygen atoms in total. The average molecular weight is 539 g/mol. The van der Waals surface area contributed by atoms with E-state index < -0.39 is 28.8 Å². The van der Waals surface area contributed by atoms with Crippen LogP contribution in [0.5, 0.6) is 5.88 Å². The molecule has 3 N–H and O–H groups in total. The Morgan fingerprint density at radius 1 is 1.08 bits per heavy atom. The van der Waals surface area contributed by atoms with E-state index in [0.29, 0.717) is 48.7 Å². The number of anilines is 2. The molecule has 38 heavy (non-hydrogen) atoms. The molecule has 0 amide bonds. The van der Waals surface area contributed by atoms with Crippen LogP contribution in [0.25, 0.3) is 22.0 Å². The van der Waals surface area contributed by atoms with Crippen LogP contribution in [0.4, 0.5) is 29.2 Å². The molecule has 1 saturated heterocycles. The van der Waals surface area contributed by atoms with Crippen molar-refractivity contribution in [2.75, 3.05) is 51.1 Å². The molecule has 1 unspecified atom stereocenters. The first-order valence-electron chi connectivity index (χ1n) is 12.3. The summed E-state index contributed by atoms with van der Waals surface area (Å²) in [7, 11) is 2.95. The number of alkyl halides is 3. The molecule has 1 atom stereocenters. The third-order valence-electron chi connectivity index (χ3n) is 6.39. The molecule has 3 aromatic heterocycles. The largest absolute Gasteiger partial charge is 0.480 e. The molecule has 4 rings (SSSR count). The van der Waals surface area contributed by atoms with Crippen LogP contribution in [-0.2, 0) is 10.9 Å². The van der Waals surface area contributed by atoms with Crippen LogP contribution in [0.3, 0.4) is 0 Å². The summed E-state index contributed by atoms with van der Waals surface area (Å²) in [6, 6.07) is 1.00. The van der Waals surface area contributed by atoms with Crippen molar-refractivity contribution in [3.63, 3.8) is 0 Å². The summed E-state index contributed by atoms with van der Waals surface area (Å²) in [5.41, 5.74) is 4.30. The van der Waals surface area contributed by atoms with Gasteiger partial charge in [-0.1, -0.05) is 13.8 Å². The second-order valence-electron chi connectivity index (χ2n) is 8.78. The summed E-state index contributed by atoms with van der Waals surface area (Å²) in [5.74, 6) is -0.667. The van der Waals surface area contributed by atoms with E-state index in [1.807, 2.05) is 18.7 Å². The van der Waals surface area contributed by atoms with Crippen molar-refractivity contribution in [2.45, 2.75) is 46.8 Å². The Hall–Kier alpha value is -3.25. The van der Waals surface area contributed by atoms with Crippen LogP contribution in [0.2, 0.25) is 0 Å². The standard InChI is InChI=1S/C24H28F4N6O2.C2H6/c1-11-12(2)32-22(34-7-6-30-14(9-34)10-35-4)18-17(11)20(25)21(33-23(18)36-5)15-8-16(29)31-13(3)19(15)24(26,27)28;1-2/h8,14,30H,6-7,9-10H2,1-5H3,(H2,29,31);1-2H3. The zero-order valence-electron chi connectivity index (χ0n) is 22.7. The molecule has 0 saturated carbocycles. The lowest BCUT2D eigenvalue weighted by molar-refractivity contribution is -0.137. The fraction of sp³-hybridized carbons (Fsp3) is 0.500. The number of hydrogen-bond donors (Lipinski definition) is 2. The van der Waals surface area contributed by atoms with Crippen molar-refractivity contribution in [1.29, 1.82) is 0 Å². The third-order valence-corrected chi connectivity index (χ3v) is 6.39. The van der Waals surface area contributed by atoms with Crippen molar-refractivity contribution >= 4 is 22.4 Å². The fourth-order valence-corrected chi connectivity index (χ4v) is 4.71. The first-order chi connectivity index (χ1) is 18.0. The van der Waals surface area contributed by atoms with E-state index in [9.17, 15) is 13.2 Å². The van der Waals surface area contributed by atoms with Gasteiger partial charge in [0.1, 0.15) is 17.3 Å². The minimum atomic E-state index is -4.80. The van der Waals surface area contributed by atoms with Gasteiger partial charge in [-0.25, -0.2) is 19.3 Å². The van der Waals surface area contributed by atoms with E-state index in [0.717, 1.165) is 6.07 Å². The topological polar surface area (TPSA) is 98.4 Å². The van der Waals surface area contributed by atoms with Crippen molar-refractivity contribution in [1.82, 2.24) is 20.3 Å². The summed E-state index contributed by atoms with van der Waals surface area (Å²) in [6.45, 7) is 10.8.